The van der Waals surface area contributed by atoms with Gasteiger partial charge in [-0.15, -0.1) is 0 Å². The van der Waals surface area contributed by atoms with E-state index in [9.17, 15) is 24.5 Å². The van der Waals surface area contributed by atoms with Crippen molar-refractivity contribution < 1.29 is 24.0 Å². The molecule has 4 N–H and O–H groups in total. The lowest BCUT2D eigenvalue weighted by atomic mass is 10.1. The van der Waals surface area contributed by atoms with Gasteiger partial charge in [-0.05, 0) is 6.07 Å². The summed E-state index contributed by atoms with van der Waals surface area (Å²) in [5, 5.41) is 15.0. The zero-order chi connectivity index (χ0) is 20.0. The number of rotatable bonds is 5. The van der Waals surface area contributed by atoms with Crippen molar-refractivity contribution in [2.24, 2.45) is 0 Å². The number of benzene rings is 2. The van der Waals surface area contributed by atoms with Crippen LogP contribution < -0.4 is 16.4 Å². The number of amides is 3. The number of nitrogen functional groups attached to an aromatic ring is 1. The first-order chi connectivity index (χ1) is 12.8. The molecule has 0 radical (unpaired) electrons. The van der Waals surface area contributed by atoms with E-state index < -0.39 is 28.9 Å². The Hall–Kier alpha value is -3.95. The number of nitrogens with zero attached hydrogens (tertiary/aromatic N) is 1. The Morgan fingerprint density at radius 1 is 1.15 bits per heavy atom. The SMILES string of the molecule is CNC(=O)NC(=O)C(OC(=O)c1ccc([N+](=O)[O-])cc1N)c1ccccc1. The van der Waals surface area contributed by atoms with Crippen LogP contribution in [0.1, 0.15) is 22.0 Å². The van der Waals surface area contributed by atoms with E-state index in [1.807, 2.05) is 5.32 Å². The Morgan fingerprint density at radius 2 is 1.81 bits per heavy atom. The average molecular weight is 372 g/mol. The zero-order valence-corrected chi connectivity index (χ0v) is 14.2. The molecule has 10 nitrogen and oxygen atoms in total. The van der Waals surface area contributed by atoms with Crippen LogP contribution in [0.3, 0.4) is 0 Å². The number of anilines is 1. The van der Waals surface area contributed by atoms with Crippen LogP contribution in [0, 0.1) is 10.1 Å². The minimum absolute atomic E-state index is 0.144. The molecule has 0 bridgehead atoms. The molecule has 0 heterocycles. The van der Waals surface area contributed by atoms with E-state index in [0.29, 0.717) is 5.56 Å². The smallest absolute Gasteiger partial charge is 0.341 e. The number of hydrogen-bond donors (Lipinski definition) is 3. The number of ether oxygens (including phenoxy) is 1. The van der Waals surface area contributed by atoms with Crippen molar-refractivity contribution >= 4 is 29.3 Å². The van der Waals surface area contributed by atoms with E-state index in [-0.39, 0.29) is 16.9 Å². The van der Waals surface area contributed by atoms with E-state index >= 15 is 0 Å². The number of nitro groups is 1. The second kappa shape index (κ2) is 8.43. The fraction of sp³-hybridized carbons (Fsp3) is 0.118. The molecule has 0 aromatic heterocycles. The van der Waals surface area contributed by atoms with Crippen LogP contribution >= 0.6 is 0 Å². The highest BCUT2D eigenvalue weighted by atomic mass is 16.6. The van der Waals surface area contributed by atoms with Crippen LogP contribution in [0.15, 0.2) is 48.5 Å². The summed E-state index contributed by atoms with van der Waals surface area (Å²) in [6, 6.07) is 10.5. The molecule has 27 heavy (non-hydrogen) atoms. The quantitative estimate of drug-likeness (QED) is 0.311. The normalized spacial score (nSPS) is 11.1. The number of hydrogen-bond acceptors (Lipinski definition) is 7. The van der Waals surface area contributed by atoms with Crippen LogP contribution in [0.4, 0.5) is 16.2 Å². The van der Waals surface area contributed by atoms with Gasteiger partial charge in [0.25, 0.3) is 11.6 Å². The molecule has 0 saturated heterocycles. The highest BCUT2D eigenvalue weighted by Crippen LogP contribution is 2.24. The summed E-state index contributed by atoms with van der Waals surface area (Å²) < 4.78 is 5.23. The summed E-state index contributed by atoms with van der Waals surface area (Å²) in [7, 11) is 1.32. The van der Waals surface area contributed by atoms with Gasteiger partial charge in [0.1, 0.15) is 0 Å². The van der Waals surface area contributed by atoms with Crippen molar-refractivity contribution in [1.82, 2.24) is 10.6 Å². The van der Waals surface area contributed by atoms with Crippen molar-refractivity contribution in [1.29, 1.82) is 0 Å². The summed E-state index contributed by atoms with van der Waals surface area (Å²) in [6.07, 6.45) is -1.43. The first kappa shape index (κ1) is 19.4. The Balaban J connectivity index is 2.29. The maximum atomic E-state index is 12.4. The summed E-state index contributed by atoms with van der Waals surface area (Å²) >= 11 is 0. The van der Waals surface area contributed by atoms with Gasteiger partial charge in [0.05, 0.1) is 16.2 Å². The number of urea groups is 1. The van der Waals surface area contributed by atoms with Gasteiger partial charge < -0.3 is 15.8 Å². The molecule has 0 aliphatic rings. The van der Waals surface area contributed by atoms with Gasteiger partial charge in [0, 0.05) is 24.7 Å². The van der Waals surface area contributed by atoms with Crippen molar-refractivity contribution in [2.75, 3.05) is 12.8 Å². The van der Waals surface area contributed by atoms with Gasteiger partial charge in [0.15, 0.2) is 0 Å². The number of non-ortho nitro benzene ring substituents is 1. The van der Waals surface area contributed by atoms with Crippen molar-refractivity contribution in [2.45, 2.75) is 6.10 Å². The Kier molecular flexibility index (Phi) is 6.05. The third-order valence-corrected chi connectivity index (χ3v) is 3.50. The summed E-state index contributed by atoms with van der Waals surface area (Å²) in [4.78, 5) is 46.3. The first-order valence-electron chi connectivity index (χ1n) is 7.66. The molecule has 2 aromatic rings. The maximum absolute atomic E-state index is 12.4. The van der Waals surface area contributed by atoms with Gasteiger partial charge in [-0.1, -0.05) is 30.3 Å². The van der Waals surface area contributed by atoms with E-state index in [2.05, 4.69) is 5.32 Å². The van der Waals surface area contributed by atoms with Crippen LogP contribution in [0.2, 0.25) is 0 Å². The third kappa shape index (κ3) is 4.78. The molecule has 3 amide bonds. The summed E-state index contributed by atoms with van der Waals surface area (Å²) in [5.74, 6) is -1.84. The molecule has 2 aromatic carbocycles. The average Bonchev–Trinajstić information content (AvgIpc) is 2.66. The molecule has 0 saturated carbocycles. The first-order valence-corrected chi connectivity index (χ1v) is 7.66. The van der Waals surface area contributed by atoms with Crippen molar-refractivity contribution in [3.05, 3.63) is 69.8 Å². The molecule has 10 heteroatoms. The van der Waals surface area contributed by atoms with Crippen LogP contribution in [-0.2, 0) is 9.53 Å². The summed E-state index contributed by atoms with van der Waals surface area (Å²) in [6.45, 7) is 0. The molecule has 0 fully saturated rings. The Labute approximate surface area is 153 Å². The number of imide groups is 1. The lowest BCUT2D eigenvalue weighted by molar-refractivity contribution is -0.384. The minimum Gasteiger partial charge on any atom is -0.444 e. The topological polar surface area (TPSA) is 154 Å². The van der Waals surface area contributed by atoms with Gasteiger partial charge in [-0.3, -0.25) is 20.2 Å². The predicted octanol–water partition coefficient (Wildman–Crippen LogP) is 1.53. The monoisotopic (exact) mass is 372 g/mol. The highest BCUT2D eigenvalue weighted by Gasteiger charge is 2.28. The maximum Gasteiger partial charge on any atom is 0.341 e. The van der Waals surface area contributed by atoms with E-state index in [1.165, 1.54) is 7.05 Å². The van der Waals surface area contributed by atoms with E-state index in [4.69, 9.17) is 10.5 Å². The number of nitrogens with two attached hydrogens (primary N) is 1. The summed E-state index contributed by atoms with van der Waals surface area (Å²) in [5.41, 5.74) is 5.40. The van der Waals surface area contributed by atoms with Crippen molar-refractivity contribution in [3.63, 3.8) is 0 Å². The standard InChI is InChI=1S/C17H16N4O6/c1-19-17(24)20-15(22)14(10-5-3-2-4-6-10)27-16(23)12-8-7-11(21(25)26)9-13(12)18/h2-9,14H,18H2,1H3,(H2,19,20,22,24). The molecular formula is C17H16N4O6. The fourth-order valence-corrected chi connectivity index (χ4v) is 2.16. The van der Waals surface area contributed by atoms with E-state index in [0.717, 1.165) is 18.2 Å². The van der Waals surface area contributed by atoms with Crippen molar-refractivity contribution in [3.8, 4) is 0 Å². The highest BCUT2D eigenvalue weighted by molar-refractivity contribution is 6.00. The molecule has 1 unspecified atom stereocenters. The number of nitro benzene ring substituents is 1. The van der Waals surface area contributed by atoms with Crippen LogP contribution in [0.5, 0.6) is 0 Å². The third-order valence-electron chi connectivity index (χ3n) is 3.50. The van der Waals surface area contributed by atoms with Crippen LogP contribution in [-0.4, -0.2) is 29.9 Å². The molecular weight excluding hydrogens is 356 g/mol. The number of esters is 1. The lowest BCUT2D eigenvalue weighted by Crippen LogP contribution is -2.41. The van der Waals surface area contributed by atoms with Gasteiger partial charge in [-0.25, -0.2) is 9.59 Å². The second-order valence-electron chi connectivity index (χ2n) is 5.29. The predicted molar refractivity (Wildman–Crippen MR) is 94.7 cm³/mol. The number of carbonyl (C=O) groups is 3. The number of carbonyl (C=O) groups excluding carboxylic acids is 3. The minimum atomic E-state index is -1.43. The van der Waals surface area contributed by atoms with Gasteiger partial charge in [0.2, 0.25) is 6.10 Å². The number of nitrogens with one attached hydrogen (secondary N) is 2. The lowest BCUT2D eigenvalue weighted by Gasteiger charge is -2.18. The molecule has 0 spiro atoms. The molecule has 0 aliphatic heterocycles. The molecule has 2 rings (SSSR count). The molecule has 1 atom stereocenters. The zero-order valence-electron chi connectivity index (χ0n) is 14.2. The molecule has 0 aliphatic carbocycles. The van der Waals surface area contributed by atoms with Gasteiger partial charge >= 0.3 is 12.0 Å². The fourth-order valence-electron chi connectivity index (χ4n) is 2.16. The Morgan fingerprint density at radius 3 is 2.37 bits per heavy atom. The largest absolute Gasteiger partial charge is 0.444 e. The van der Waals surface area contributed by atoms with Crippen LogP contribution in [0.25, 0.3) is 0 Å². The van der Waals surface area contributed by atoms with Gasteiger partial charge in [-0.2, -0.15) is 0 Å². The van der Waals surface area contributed by atoms with E-state index in [1.54, 1.807) is 30.3 Å². The Bertz CT molecular complexity index is 884. The molecule has 140 valence electrons. The second-order valence-corrected chi connectivity index (χ2v) is 5.29.